The standard InChI is InChI=1S/C25H57NS.C7H6O3/c1-5-8-11-14-17-20-23-27(4,26,24-21-18-15-12-9-6-2)25-22-19-16-13-10-7-3;8-6-4-2-1-3-5(6)7(9)10/h27H,5-26H2,1-4H3;1-4,8H,(H,9,10). The van der Waals surface area contributed by atoms with Crippen LogP contribution in [0.25, 0.3) is 0 Å². The minimum absolute atomic E-state index is 0.0671. The van der Waals surface area contributed by atoms with Crippen LogP contribution >= 0.6 is 9.35 Å². The molecule has 1 aromatic rings. The van der Waals surface area contributed by atoms with E-state index in [0.29, 0.717) is 0 Å². The van der Waals surface area contributed by atoms with E-state index >= 15 is 0 Å². The van der Waals surface area contributed by atoms with Gasteiger partial charge in [-0.25, -0.2) is 4.79 Å². The molecule has 0 saturated carbocycles. The Morgan fingerprint density at radius 3 is 1.27 bits per heavy atom. The number of para-hydroxylation sites is 1. The molecule has 0 aliphatic rings. The van der Waals surface area contributed by atoms with E-state index in [0.717, 1.165) is 0 Å². The topological polar surface area (TPSA) is 83.6 Å². The molecule has 0 heterocycles. The molecule has 0 bridgehead atoms. The van der Waals surface area contributed by atoms with Crippen LogP contribution in [0.15, 0.2) is 24.3 Å². The molecule has 0 spiro atoms. The number of benzene rings is 1. The highest BCUT2D eigenvalue weighted by molar-refractivity contribution is 8.47. The average Bonchev–Trinajstić information content (AvgIpc) is 2.86. The van der Waals surface area contributed by atoms with Crippen LogP contribution in [-0.4, -0.2) is 39.7 Å². The van der Waals surface area contributed by atoms with Crippen molar-refractivity contribution in [1.29, 1.82) is 0 Å². The predicted octanol–water partition coefficient (Wildman–Crippen LogP) is 9.73. The summed E-state index contributed by atoms with van der Waals surface area (Å²) in [5.74, 6) is 2.78. The van der Waals surface area contributed by atoms with E-state index in [-0.39, 0.29) is 11.3 Å². The number of carboxylic acids is 1. The van der Waals surface area contributed by atoms with Crippen molar-refractivity contribution in [1.82, 2.24) is 0 Å². The Balaban J connectivity index is 0.00000107. The van der Waals surface area contributed by atoms with Gasteiger partial charge in [0.2, 0.25) is 0 Å². The van der Waals surface area contributed by atoms with Crippen LogP contribution in [0.2, 0.25) is 0 Å². The minimum atomic E-state index is -1.94. The number of hydrogen-bond donors (Lipinski definition) is 4. The molecule has 0 fully saturated rings. The zero-order valence-electron chi connectivity index (χ0n) is 25.0. The van der Waals surface area contributed by atoms with E-state index in [4.69, 9.17) is 15.4 Å². The number of phenols is 1. The largest absolute Gasteiger partial charge is 0.507 e. The average molecular weight is 542 g/mol. The molecule has 1 rings (SSSR count). The fourth-order valence-corrected chi connectivity index (χ4v) is 9.27. The van der Waals surface area contributed by atoms with E-state index in [1.807, 2.05) is 0 Å². The van der Waals surface area contributed by atoms with Gasteiger partial charge in [0.1, 0.15) is 11.3 Å². The van der Waals surface area contributed by atoms with E-state index in [9.17, 15) is 4.79 Å². The Labute approximate surface area is 230 Å². The molecule has 0 saturated heterocycles. The van der Waals surface area contributed by atoms with Crippen LogP contribution in [0.4, 0.5) is 0 Å². The van der Waals surface area contributed by atoms with E-state index in [2.05, 4.69) is 27.0 Å². The molecule has 5 heteroatoms. The molecular formula is C32H63NO3S. The summed E-state index contributed by atoms with van der Waals surface area (Å²) in [7, 11) is -1.94. The number of aromatic carboxylic acids is 1. The highest BCUT2D eigenvalue weighted by Crippen LogP contribution is 2.60. The molecule has 4 nitrogen and oxygen atoms in total. The summed E-state index contributed by atoms with van der Waals surface area (Å²) in [5, 5.41) is 24.6. The maximum Gasteiger partial charge on any atom is 0.339 e. The molecule has 220 valence electrons. The Bertz CT molecular complexity index is 645. The second kappa shape index (κ2) is 21.7. The third-order valence-electron chi connectivity index (χ3n) is 7.68. The van der Waals surface area contributed by atoms with Crippen LogP contribution in [0.3, 0.4) is 0 Å². The number of rotatable bonds is 22. The van der Waals surface area contributed by atoms with Crippen LogP contribution in [-0.2, 0) is 0 Å². The van der Waals surface area contributed by atoms with Crippen molar-refractivity contribution in [2.45, 2.75) is 136 Å². The third-order valence-corrected chi connectivity index (χ3v) is 12.6. The van der Waals surface area contributed by atoms with Gasteiger partial charge in [0.15, 0.2) is 0 Å². The lowest BCUT2D eigenvalue weighted by atomic mass is 10.1. The van der Waals surface area contributed by atoms with E-state index in [1.165, 1.54) is 145 Å². The second-order valence-corrected chi connectivity index (χ2v) is 17.9. The first kappa shape index (κ1) is 35.8. The molecule has 0 aromatic heterocycles. The van der Waals surface area contributed by atoms with Gasteiger partial charge in [-0.1, -0.05) is 129 Å². The highest BCUT2D eigenvalue weighted by Gasteiger charge is 2.29. The minimum Gasteiger partial charge on any atom is -0.507 e. The Hall–Kier alpha value is -1.20. The number of aromatic hydroxyl groups is 1. The number of nitrogens with two attached hydrogens (primary N) is 1. The van der Waals surface area contributed by atoms with Gasteiger partial charge in [-0.3, -0.25) is 9.35 Å². The Morgan fingerprint density at radius 1 is 0.649 bits per heavy atom. The first-order valence-corrected chi connectivity index (χ1v) is 18.8. The lowest BCUT2D eigenvalue weighted by molar-refractivity contribution is 0.0693. The van der Waals surface area contributed by atoms with Crippen molar-refractivity contribution in [2.75, 3.05) is 23.5 Å². The quantitative estimate of drug-likeness (QED) is 0.0869. The van der Waals surface area contributed by atoms with Gasteiger partial charge >= 0.3 is 5.97 Å². The molecule has 0 unspecified atom stereocenters. The Morgan fingerprint density at radius 2 is 0.973 bits per heavy atom. The normalized spacial score (nSPS) is 12.4. The number of carbonyl (C=O) groups is 1. The van der Waals surface area contributed by atoms with Gasteiger partial charge in [0, 0.05) is 0 Å². The lowest BCUT2D eigenvalue weighted by Gasteiger charge is -2.56. The van der Waals surface area contributed by atoms with E-state index in [1.54, 1.807) is 12.1 Å². The van der Waals surface area contributed by atoms with Gasteiger partial charge in [0.05, 0.1) is 0 Å². The molecule has 0 aliphatic carbocycles. The Kier molecular flexibility index (Phi) is 21.0. The maximum absolute atomic E-state index is 10.3. The van der Waals surface area contributed by atoms with Gasteiger partial charge in [-0.05, 0) is 54.9 Å². The summed E-state index contributed by atoms with van der Waals surface area (Å²) in [6.45, 7) is 6.92. The molecule has 37 heavy (non-hydrogen) atoms. The smallest absolute Gasteiger partial charge is 0.339 e. The first-order valence-electron chi connectivity index (χ1n) is 15.5. The fourth-order valence-electron chi connectivity index (χ4n) is 5.09. The number of thiol groups is 1. The summed E-state index contributed by atoms with van der Waals surface area (Å²) in [5.41, 5.74) is -0.0671. The molecule has 0 atom stereocenters. The summed E-state index contributed by atoms with van der Waals surface area (Å²) in [6.07, 6.45) is 27.8. The SMILES string of the molecule is CCCCCCCC[SH](C)(N)(CCCCCCCC)CCCCCCCC.O=C(O)c1ccccc1O. The summed E-state index contributed by atoms with van der Waals surface area (Å²) in [4.78, 5) is 10.3. The van der Waals surface area contributed by atoms with Crippen molar-refractivity contribution in [3.8, 4) is 5.75 Å². The van der Waals surface area contributed by atoms with Crippen LogP contribution in [0, 0.1) is 0 Å². The summed E-state index contributed by atoms with van der Waals surface area (Å²) >= 11 is 0. The molecule has 0 radical (unpaired) electrons. The van der Waals surface area contributed by atoms with Gasteiger partial charge in [-0.15, -0.1) is 0 Å². The van der Waals surface area contributed by atoms with Crippen LogP contribution < -0.4 is 5.14 Å². The lowest BCUT2D eigenvalue weighted by Crippen LogP contribution is -2.36. The van der Waals surface area contributed by atoms with Gasteiger partial charge in [0.25, 0.3) is 0 Å². The van der Waals surface area contributed by atoms with Gasteiger partial charge in [-0.2, -0.15) is 0 Å². The van der Waals surface area contributed by atoms with Crippen molar-refractivity contribution >= 4 is 15.3 Å². The van der Waals surface area contributed by atoms with Crippen LogP contribution in [0.1, 0.15) is 147 Å². The maximum atomic E-state index is 10.3. The number of unbranched alkanes of at least 4 members (excludes halogenated alkanes) is 15. The van der Waals surface area contributed by atoms with Gasteiger partial charge < -0.3 is 15.4 Å². The highest BCUT2D eigenvalue weighted by atomic mass is 32.3. The summed E-state index contributed by atoms with van der Waals surface area (Å²) in [6, 6.07) is 5.81. The van der Waals surface area contributed by atoms with Crippen molar-refractivity contribution in [3.63, 3.8) is 0 Å². The monoisotopic (exact) mass is 541 g/mol. The predicted molar refractivity (Wildman–Crippen MR) is 169 cm³/mol. The zero-order valence-corrected chi connectivity index (χ0v) is 25.9. The summed E-state index contributed by atoms with van der Waals surface area (Å²) < 4.78 is 0. The molecule has 0 amide bonds. The van der Waals surface area contributed by atoms with Crippen molar-refractivity contribution in [2.24, 2.45) is 5.14 Å². The number of hydrogen-bond acceptors (Lipinski definition) is 3. The zero-order chi connectivity index (χ0) is 27.9. The fraction of sp³-hybridized carbons (Fsp3) is 0.781. The van der Waals surface area contributed by atoms with E-state index < -0.39 is 15.3 Å². The molecular weight excluding hydrogens is 478 g/mol. The molecule has 4 N–H and O–H groups in total. The van der Waals surface area contributed by atoms with Crippen molar-refractivity contribution < 1.29 is 15.0 Å². The number of carboxylic acid groups (broad SMARTS) is 1. The first-order chi connectivity index (χ1) is 17.7. The second-order valence-electron chi connectivity index (χ2n) is 11.7. The molecule has 0 aliphatic heterocycles. The van der Waals surface area contributed by atoms with Crippen molar-refractivity contribution in [3.05, 3.63) is 29.8 Å². The molecule has 1 aromatic carbocycles. The third kappa shape index (κ3) is 19.5. The van der Waals surface area contributed by atoms with Crippen LogP contribution in [0.5, 0.6) is 5.75 Å².